The molecule has 1 aliphatic rings. The van der Waals surface area contributed by atoms with Crippen molar-refractivity contribution in [3.8, 4) is 22.6 Å². The number of carbonyl (C=O) groups excluding carboxylic acids is 3. The van der Waals surface area contributed by atoms with E-state index in [0.29, 0.717) is 11.3 Å². The summed E-state index contributed by atoms with van der Waals surface area (Å²) in [6.07, 6.45) is 6.73. The summed E-state index contributed by atoms with van der Waals surface area (Å²) in [5.74, 6) is -3.87. The predicted octanol–water partition coefficient (Wildman–Crippen LogP) is 4.78. The van der Waals surface area contributed by atoms with Gasteiger partial charge in [0, 0.05) is 42.5 Å². The van der Waals surface area contributed by atoms with Crippen LogP contribution in [0.3, 0.4) is 0 Å². The topological polar surface area (TPSA) is 118 Å². The molecule has 2 N–H and O–H groups in total. The van der Waals surface area contributed by atoms with Gasteiger partial charge in [0.05, 0.1) is 11.9 Å². The number of imide groups is 1. The normalized spacial score (nSPS) is 15.1. The van der Waals surface area contributed by atoms with Crippen LogP contribution in [-0.4, -0.2) is 39.0 Å². The van der Waals surface area contributed by atoms with Crippen molar-refractivity contribution < 1.29 is 27.9 Å². The van der Waals surface area contributed by atoms with Crippen molar-refractivity contribution in [1.82, 2.24) is 19.9 Å². The van der Waals surface area contributed by atoms with Gasteiger partial charge in [-0.1, -0.05) is 0 Å². The molecule has 204 valence electrons. The van der Waals surface area contributed by atoms with Crippen LogP contribution in [0.1, 0.15) is 0 Å². The van der Waals surface area contributed by atoms with Gasteiger partial charge in [-0.25, -0.2) is 23.0 Å². The van der Waals surface area contributed by atoms with E-state index < -0.39 is 35.4 Å². The second-order valence-corrected chi connectivity index (χ2v) is 9.12. The summed E-state index contributed by atoms with van der Waals surface area (Å²) < 4.78 is 36.0. The first kappa shape index (κ1) is 25.6. The number of aromatic nitrogens is 3. The fraction of sp³-hybridized carbons (Fsp3) is 0.0690. The Labute approximate surface area is 231 Å². The molecule has 0 spiro atoms. The van der Waals surface area contributed by atoms with Crippen LogP contribution < -0.4 is 20.3 Å². The highest BCUT2D eigenvalue weighted by molar-refractivity contribution is 6.23. The number of amides is 4. The van der Waals surface area contributed by atoms with Crippen molar-refractivity contribution in [3.05, 3.63) is 103 Å². The molecule has 1 aliphatic heterocycles. The third-order valence-corrected chi connectivity index (χ3v) is 6.48. The lowest BCUT2D eigenvalue weighted by Crippen LogP contribution is -2.58. The highest BCUT2D eigenvalue weighted by atomic mass is 19.1. The Morgan fingerprint density at radius 3 is 2.46 bits per heavy atom. The quantitative estimate of drug-likeness (QED) is 0.292. The van der Waals surface area contributed by atoms with Crippen LogP contribution in [0.15, 0.2) is 91.5 Å². The molecule has 3 aromatic heterocycles. The molecule has 1 atom stereocenters. The highest BCUT2D eigenvalue weighted by Gasteiger charge is 2.39. The summed E-state index contributed by atoms with van der Waals surface area (Å²) in [5.41, 5.74) is 2.45. The molecule has 1 fully saturated rings. The van der Waals surface area contributed by atoms with Crippen LogP contribution in [-0.2, 0) is 9.59 Å². The number of nitrogens with one attached hydrogen (secondary N) is 2. The van der Waals surface area contributed by atoms with Gasteiger partial charge in [-0.2, -0.15) is 5.10 Å². The number of nitrogens with zero attached hydrogens (tertiary/aromatic N) is 4. The Hall–Kier alpha value is -5.65. The molecule has 0 radical (unpaired) electrons. The number of rotatable bonds is 6. The summed E-state index contributed by atoms with van der Waals surface area (Å²) in [6.45, 7) is -0.250. The van der Waals surface area contributed by atoms with Crippen LogP contribution in [0.4, 0.5) is 25.0 Å². The van der Waals surface area contributed by atoms with Crippen molar-refractivity contribution >= 4 is 34.7 Å². The lowest BCUT2D eigenvalue weighted by Gasteiger charge is -2.30. The van der Waals surface area contributed by atoms with Gasteiger partial charge < -0.3 is 15.4 Å². The van der Waals surface area contributed by atoms with Gasteiger partial charge in [0.15, 0.2) is 17.3 Å². The van der Waals surface area contributed by atoms with Crippen molar-refractivity contribution in [3.63, 3.8) is 0 Å². The van der Waals surface area contributed by atoms with Gasteiger partial charge in [-0.3, -0.25) is 14.6 Å². The summed E-state index contributed by atoms with van der Waals surface area (Å²) in [7, 11) is 0. The number of halogens is 2. The number of hydrogen-bond acceptors (Lipinski definition) is 6. The van der Waals surface area contributed by atoms with Crippen LogP contribution >= 0.6 is 0 Å². The van der Waals surface area contributed by atoms with Crippen molar-refractivity contribution in [1.29, 1.82) is 0 Å². The number of anilines is 2. The Kier molecular flexibility index (Phi) is 6.55. The number of urea groups is 1. The SMILES string of the molecule is O=C(Nc1ccc(Oc2cc(-c3ccncc3)cn3nccc23)c(F)c1)C1CNC(=O)N(c2ccc(F)cc2)C1=O. The monoisotopic (exact) mass is 554 g/mol. The lowest BCUT2D eigenvalue weighted by atomic mass is 10.0. The minimum Gasteiger partial charge on any atom is -0.452 e. The van der Waals surface area contributed by atoms with Crippen LogP contribution in [0.2, 0.25) is 0 Å². The van der Waals surface area contributed by atoms with E-state index in [-0.39, 0.29) is 23.7 Å². The number of benzene rings is 2. The van der Waals surface area contributed by atoms with Crippen molar-refractivity contribution in [2.75, 3.05) is 16.8 Å². The Bertz CT molecular complexity index is 1790. The molecule has 0 saturated carbocycles. The summed E-state index contributed by atoms with van der Waals surface area (Å²) >= 11 is 0. The molecule has 4 heterocycles. The first-order valence-electron chi connectivity index (χ1n) is 12.4. The van der Waals surface area contributed by atoms with E-state index in [1.54, 1.807) is 35.2 Å². The Balaban J connectivity index is 1.20. The van der Waals surface area contributed by atoms with E-state index in [9.17, 15) is 18.8 Å². The standard InChI is InChI=1S/C29H20F2N6O4/c30-19-1-4-21(5-2-19)37-28(39)22(15-33-29(37)40)27(38)35-20-3-6-25(23(31)14-20)41-26-13-18(17-7-10-32-11-8-17)16-36-24(26)9-12-34-36/h1-14,16,22H,15H2,(H,33,40)(H,35,38). The molecule has 4 amide bonds. The Morgan fingerprint density at radius 2 is 1.71 bits per heavy atom. The first-order valence-corrected chi connectivity index (χ1v) is 12.4. The zero-order valence-corrected chi connectivity index (χ0v) is 21.1. The highest BCUT2D eigenvalue weighted by Crippen LogP contribution is 2.33. The molecule has 12 heteroatoms. The summed E-state index contributed by atoms with van der Waals surface area (Å²) in [4.78, 5) is 43.1. The van der Waals surface area contributed by atoms with E-state index in [1.807, 2.05) is 18.3 Å². The molecule has 2 aromatic carbocycles. The van der Waals surface area contributed by atoms with E-state index in [4.69, 9.17) is 4.74 Å². The second-order valence-electron chi connectivity index (χ2n) is 9.12. The van der Waals surface area contributed by atoms with Crippen LogP contribution in [0.25, 0.3) is 16.6 Å². The van der Waals surface area contributed by atoms with E-state index in [0.717, 1.165) is 34.2 Å². The average molecular weight is 555 g/mol. The number of pyridine rings is 2. The maximum absolute atomic E-state index is 15.2. The van der Waals surface area contributed by atoms with Crippen molar-refractivity contribution in [2.24, 2.45) is 5.92 Å². The number of carbonyl (C=O) groups is 3. The molecule has 1 saturated heterocycles. The van der Waals surface area contributed by atoms with E-state index in [1.165, 1.54) is 24.3 Å². The summed E-state index contributed by atoms with van der Waals surface area (Å²) in [6, 6.07) is 15.0. The fourth-order valence-corrected chi connectivity index (χ4v) is 4.44. The maximum atomic E-state index is 15.2. The van der Waals surface area contributed by atoms with Crippen LogP contribution in [0.5, 0.6) is 11.5 Å². The minimum absolute atomic E-state index is 0.0814. The lowest BCUT2D eigenvalue weighted by molar-refractivity contribution is -0.130. The molecule has 41 heavy (non-hydrogen) atoms. The molecule has 1 unspecified atom stereocenters. The fourth-order valence-electron chi connectivity index (χ4n) is 4.44. The minimum atomic E-state index is -1.29. The Morgan fingerprint density at radius 1 is 0.927 bits per heavy atom. The number of ether oxygens (including phenoxy) is 1. The first-order chi connectivity index (χ1) is 19.9. The maximum Gasteiger partial charge on any atom is 0.328 e. The second kappa shape index (κ2) is 10.5. The smallest absolute Gasteiger partial charge is 0.328 e. The van der Waals surface area contributed by atoms with E-state index >= 15 is 4.39 Å². The molecule has 5 aromatic rings. The zero-order valence-electron chi connectivity index (χ0n) is 21.1. The number of hydrogen-bond donors (Lipinski definition) is 2. The van der Waals surface area contributed by atoms with Gasteiger partial charge in [0.25, 0.3) is 0 Å². The largest absolute Gasteiger partial charge is 0.452 e. The van der Waals surface area contributed by atoms with Crippen LogP contribution in [0, 0.1) is 17.6 Å². The predicted molar refractivity (Wildman–Crippen MR) is 144 cm³/mol. The van der Waals surface area contributed by atoms with E-state index in [2.05, 4.69) is 20.7 Å². The zero-order chi connectivity index (χ0) is 28.5. The third-order valence-electron chi connectivity index (χ3n) is 6.48. The van der Waals surface area contributed by atoms with Crippen molar-refractivity contribution in [2.45, 2.75) is 0 Å². The third kappa shape index (κ3) is 5.05. The molecule has 6 rings (SSSR count). The molecular weight excluding hydrogens is 534 g/mol. The van der Waals surface area contributed by atoms with Gasteiger partial charge in [0.2, 0.25) is 11.8 Å². The molecule has 0 bridgehead atoms. The van der Waals surface area contributed by atoms with Gasteiger partial charge >= 0.3 is 6.03 Å². The molecular formula is C29H20F2N6O4. The molecule has 0 aliphatic carbocycles. The van der Waals surface area contributed by atoms with Gasteiger partial charge in [-0.15, -0.1) is 0 Å². The molecule has 10 nitrogen and oxygen atoms in total. The number of fused-ring (bicyclic) bond motifs is 1. The average Bonchev–Trinajstić information content (AvgIpc) is 3.45. The van der Waals surface area contributed by atoms with Gasteiger partial charge in [-0.05, 0) is 66.2 Å². The summed E-state index contributed by atoms with van der Waals surface area (Å²) in [5, 5.41) is 9.25. The van der Waals surface area contributed by atoms with Gasteiger partial charge in [0.1, 0.15) is 17.3 Å².